The Morgan fingerprint density at radius 1 is 1.24 bits per heavy atom. The third-order valence-corrected chi connectivity index (χ3v) is 4.84. The van der Waals surface area contributed by atoms with E-state index in [4.69, 9.17) is 5.73 Å². The molecule has 0 saturated heterocycles. The van der Waals surface area contributed by atoms with E-state index in [2.05, 4.69) is 42.1 Å². The van der Waals surface area contributed by atoms with Gasteiger partial charge in [-0.15, -0.1) is 11.3 Å². The zero-order chi connectivity index (χ0) is 15.0. The number of aryl methyl sites for hydroxylation is 2. The lowest BCUT2D eigenvalue weighted by atomic mass is 10.1. The van der Waals surface area contributed by atoms with Gasteiger partial charge in [0, 0.05) is 10.6 Å². The van der Waals surface area contributed by atoms with Crippen LogP contribution in [0.2, 0.25) is 0 Å². The molecule has 3 N–H and O–H groups in total. The van der Waals surface area contributed by atoms with E-state index in [1.54, 1.807) is 17.7 Å². The molecule has 0 aliphatic carbocycles. The lowest BCUT2D eigenvalue weighted by molar-refractivity contribution is 0.876. The number of nitrogens with two attached hydrogens (primary N) is 1. The summed E-state index contributed by atoms with van der Waals surface area (Å²) in [6.07, 6.45) is 1.62. The monoisotopic (exact) mass is 298 g/mol. The Morgan fingerprint density at radius 3 is 2.81 bits per heavy atom. The molecule has 1 atom stereocenters. The van der Waals surface area contributed by atoms with Gasteiger partial charge in [0.25, 0.3) is 0 Å². The maximum absolute atomic E-state index is 5.86. The number of thiophene rings is 1. The highest BCUT2D eigenvalue weighted by Gasteiger charge is 2.14. The minimum Gasteiger partial charge on any atom is -0.399 e. The zero-order valence-electron chi connectivity index (χ0n) is 12.3. The van der Waals surface area contributed by atoms with Crippen LogP contribution in [-0.4, -0.2) is 9.97 Å². The molecule has 0 spiro atoms. The Labute approximate surface area is 128 Å². The molecule has 1 aromatic carbocycles. The van der Waals surface area contributed by atoms with E-state index < -0.39 is 0 Å². The van der Waals surface area contributed by atoms with Crippen molar-refractivity contribution in [2.75, 3.05) is 11.1 Å². The quantitative estimate of drug-likeness (QED) is 0.716. The molecule has 2 aromatic heterocycles. The molecule has 0 fully saturated rings. The second-order valence-electron chi connectivity index (χ2n) is 5.22. The van der Waals surface area contributed by atoms with E-state index in [1.807, 2.05) is 18.2 Å². The second kappa shape index (κ2) is 5.33. The van der Waals surface area contributed by atoms with Crippen LogP contribution in [0.3, 0.4) is 0 Å². The van der Waals surface area contributed by atoms with Crippen molar-refractivity contribution in [1.82, 2.24) is 9.97 Å². The molecule has 0 radical (unpaired) electrons. The van der Waals surface area contributed by atoms with Crippen molar-refractivity contribution in [3.8, 4) is 0 Å². The average Bonchev–Trinajstić information content (AvgIpc) is 2.75. The van der Waals surface area contributed by atoms with E-state index in [0.29, 0.717) is 0 Å². The molecule has 5 heteroatoms. The van der Waals surface area contributed by atoms with Gasteiger partial charge in [0.1, 0.15) is 17.0 Å². The summed E-state index contributed by atoms with van der Waals surface area (Å²) in [5.74, 6) is 0.886. The highest BCUT2D eigenvalue weighted by atomic mass is 32.1. The normalized spacial score (nSPS) is 12.5. The standard InChI is InChI=1S/C16H18N4S/c1-9-11(3)21-16-14(9)15(18-8-19-16)20-10(2)12-5-4-6-13(17)7-12/h4-8,10H,17H2,1-3H3,(H,18,19,20). The number of fused-ring (bicyclic) bond motifs is 1. The fraction of sp³-hybridized carbons (Fsp3) is 0.250. The molecular formula is C16H18N4S. The number of aromatic nitrogens is 2. The Balaban J connectivity index is 1.98. The van der Waals surface area contributed by atoms with Crippen LogP contribution in [0.1, 0.15) is 29.0 Å². The first-order valence-electron chi connectivity index (χ1n) is 6.89. The number of hydrogen-bond acceptors (Lipinski definition) is 5. The number of nitrogens with one attached hydrogen (secondary N) is 1. The summed E-state index contributed by atoms with van der Waals surface area (Å²) in [7, 11) is 0. The van der Waals surface area contributed by atoms with Gasteiger partial charge < -0.3 is 11.1 Å². The smallest absolute Gasteiger partial charge is 0.138 e. The Kier molecular flexibility index (Phi) is 3.51. The SMILES string of the molecule is Cc1sc2ncnc(NC(C)c3cccc(N)c3)c2c1C. The van der Waals surface area contributed by atoms with Gasteiger partial charge in [-0.25, -0.2) is 9.97 Å². The third-order valence-electron chi connectivity index (χ3n) is 3.73. The van der Waals surface area contributed by atoms with Crippen LogP contribution in [0.25, 0.3) is 10.2 Å². The lowest BCUT2D eigenvalue weighted by Crippen LogP contribution is -2.09. The van der Waals surface area contributed by atoms with Crippen LogP contribution in [-0.2, 0) is 0 Å². The highest BCUT2D eigenvalue weighted by Crippen LogP contribution is 2.33. The molecule has 21 heavy (non-hydrogen) atoms. The van der Waals surface area contributed by atoms with Gasteiger partial charge in [0.2, 0.25) is 0 Å². The molecule has 0 amide bonds. The fourth-order valence-corrected chi connectivity index (χ4v) is 3.41. The van der Waals surface area contributed by atoms with Crippen LogP contribution in [0.4, 0.5) is 11.5 Å². The summed E-state index contributed by atoms with van der Waals surface area (Å²) in [4.78, 5) is 11.1. The summed E-state index contributed by atoms with van der Waals surface area (Å²) < 4.78 is 0. The Morgan fingerprint density at radius 2 is 2.05 bits per heavy atom. The Bertz CT molecular complexity index is 794. The van der Waals surface area contributed by atoms with E-state index in [9.17, 15) is 0 Å². The Hall–Kier alpha value is -2.14. The fourth-order valence-electron chi connectivity index (χ4n) is 2.41. The molecule has 3 rings (SSSR count). The molecule has 0 bridgehead atoms. The van der Waals surface area contributed by atoms with Crippen molar-refractivity contribution in [3.63, 3.8) is 0 Å². The molecule has 0 aliphatic rings. The minimum atomic E-state index is 0.131. The van der Waals surface area contributed by atoms with Crippen LogP contribution >= 0.6 is 11.3 Å². The topological polar surface area (TPSA) is 63.8 Å². The minimum absolute atomic E-state index is 0.131. The first-order valence-corrected chi connectivity index (χ1v) is 7.70. The first kappa shape index (κ1) is 13.8. The number of nitrogen functional groups attached to an aromatic ring is 1. The summed E-state index contributed by atoms with van der Waals surface area (Å²) in [5, 5.41) is 4.60. The maximum atomic E-state index is 5.86. The third kappa shape index (κ3) is 2.56. The summed E-state index contributed by atoms with van der Waals surface area (Å²) >= 11 is 1.71. The molecule has 0 aliphatic heterocycles. The van der Waals surface area contributed by atoms with Crippen LogP contribution in [0.15, 0.2) is 30.6 Å². The number of hydrogen-bond donors (Lipinski definition) is 2. The van der Waals surface area contributed by atoms with Gasteiger partial charge in [-0.2, -0.15) is 0 Å². The van der Waals surface area contributed by atoms with Crippen molar-refractivity contribution in [2.45, 2.75) is 26.8 Å². The van der Waals surface area contributed by atoms with Gasteiger partial charge in [0.15, 0.2) is 0 Å². The van der Waals surface area contributed by atoms with Crippen LogP contribution in [0.5, 0.6) is 0 Å². The average molecular weight is 298 g/mol. The van der Waals surface area contributed by atoms with E-state index in [0.717, 1.165) is 27.3 Å². The first-order chi connectivity index (χ1) is 10.1. The van der Waals surface area contributed by atoms with Gasteiger partial charge >= 0.3 is 0 Å². The molecule has 2 heterocycles. The van der Waals surface area contributed by atoms with Crippen molar-refractivity contribution in [2.24, 2.45) is 0 Å². The van der Waals surface area contributed by atoms with E-state index in [1.165, 1.54) is 10.4 Å². The number of rotatable bonds is 3. The van der Waals surface area contributed by atoms with Crippen LogP contribution < -0.4 is 11.1 Å². The van der Waals surface area contributed by atoms with Gasteiger partial charge in [0.05, 0.1) is 11.4 Å². The lowest BCUT2D eigenvalue weighted by Gasteiger charge is -2.16. The van der Waals surface area contributed by atoms with E-state index in [-0.39, 0.29) is 6.04 Å². The van der Waals surface area contributed by atoms with Crippen molar-refractivity contribution in [3.05, 3.63) is 46.6 Å². The summed E-state index contributed by atoms with van der Waals surface area (Å²) in [6, 6.07) is 8.05. The predicted molar refractivity (Wildman–Crippen MR) is 89.8 cm³/mol. The summed E-state index contributed by atoms with van der Waals surface area (Å²) in [5.41, 5.74) is 9.02. The van der Waals surface area contributed by atoms with Crippen molar-refractivity contribution < 1.29 is 0 Å². The predicted octanol–water partition coefficient (Wildman–Crippen LogP) is 4.06. The maximum Gasteiger partial charge on any atom is 0.138 e. The molecule has 4 nitrogen and oxygen atoms in total. The number of anilines is 2. The molecule has 0 saturated carbocycles. The van der Waals surface area contributed by atoms with E-state index >= 15 is 0 Å². The van der Waals surface area contributed by atoms with Gasteiger partial charge in [-0.1, -0.05) is 12.1 Å². The largest absolute Gasteiger partial charge is 0.399 e. The zero-order valence-corrected chi connectivity index (χ0v) is 13.2. The number of benzene rings is 1. The van der Waals surface area contributed by atoms with Gasteiger partial charge in [-0.05, 0) is 44.0 Å². The molecule has 108 valence electrons. The number of nitrogens with zero attached hydrogens (tertiary/aromatic N) is 2. The van der Waals surface area contributed by atoms with Crippen molar-refractivity contribution in [1.29, 1.82) is 0 Å². The molecular weight excluding hydrogens is 280 g/mol. The molecule has 1 unspecified atom stereocenters. The van der Waals surface area contributed by atoms with Crippen LogP contribution in [0, 0.1) is 13.8 Å². The molecule has 3 aromatic rings. The second-order valence-corrected chi connectivity index (χ2v) is 6.43. The van der Waals surface area contributed by atoms with Crippen molar-refractivity contribution >= 4 is 33.1 Å². The highest BCUT2D eigenvalue weighted by molar-refractivity contribution is 7.18. The summed E-state index contributed by atoms with van der Waals surface area (Å²) in [6.45, 7) is 6.35. The van der Waals surface area contributed by atoms with Gasteiger partial charge in [-0.3, -0.25) is 0 Å².